The fourth-order valence-electron chi connectivity index (χ4n) is 4.02. The molecular weight excluding hydrogens is 320 g/mol. The van der Waals surface area contributed by atoms with Crippen molar-refractivity contribution in [3.63, 3.8) is 0 Å². The summed E-state index contributed by atoms with van der Waals surface area (Å²) in [6, 6.07) is 17.0. The Morgan fingerprint density at radius 1 is 0.923 bits per heavy atom. The number of hydrogen-bond donors (Lipinski definition) is 0. The molecule has 0 N–H and O–H groups in total. The van der Waals surface area contributed by atoms with Crippen LogP contribution in [0.3, 0.4) is 0 Å². The molecule has 1 aliphatic rings. The summed E-state index contributed by atoms with van der Waals surface area (Å²) in [5.41, 5.74) is 3.84. The fraction of sp³-hybridized carbons (Fsp3) is 0.458. The molecule has 0 unspecified atom stereocenters. The summed E-state index contributed by atoms with van der Waals surface area (Å²) in [4.78, 5) is 12.8. The fourth-order valence-corrected chi connectivity index (χ4v) is 4.02. The van der Waals surface area contributed by atoms with E-state index in [1.54, 1.807) is 7.11 Å². The molecule has 26 heavy (non-hydrogen) atoms. The molecular formula is C24H30O2. The summed E-state index contributed by atoms with van der Waals surface area (Å²) in [6.07, 6.45) is 7.61. The first-order valence-corrected chi connectivity index (χ1v) is 9.96. The Hall–Kier alpha value is -2.09. The lowest BCUT2D eigenvalue weighted by Crippen LogP contribution is -2.22. The van der Waals surface area contributed by atoms with Crippen LogP contribution in [0.5, 0.6) is 5.75 Å². The number of benzene rings is 2. The van der Waals surface area contributed by atoms with Gasteiger partial charge >= 0.3 is 0 Å². The average molecular weight is 351 g/mol. The van der Waals surface area contributed by atoms with Gasteiger partial charge in [-0.2, -0.15) is 0 Å². The Bertz CT molecular complexity index is 700. The van der Waals surface area contributed by atoms with Gasteiger partial charge < -0.3 is 4.74 Å². The zero-order chi connectivity index (χ0) is 18.4. The number of unbranched alkanes of at least 4 members (excludes halogenated alkanes) is 2. The molecule has 2 atom stereocenters. The van der Waals surface area contributed by atoms with E-state index in [0.717, 1.165) is 25.0 Å². The molecule has 0 heterocycles. The van der Waals surface area contributed by atoms with Gasteiger partial charge in [0.05, 0.1) is 7.11 Å². The third kappa shape index (κ3) is 4.55. The van der Waals surface area contributed by atoms with Crippen molar-refractivity contribution in [3.8, 4) is 5.75 Å². The van der Waals surface area contributed by atoms with E-state index in [0.29, 0.717) is 18.1 Å². The van der Waals surface area contributed by atoms with Gasteiger partial charge in [-0.15, -0.1) is 0 Å². The predicted octanol–water partition coefficient (Wildman–Crippen LogP) is 6.05. The summed E-state index contributed by atoms with van der Waals surface area (Å²) in [7, 11) is 1.68. The van der Waals surface area contributed by atoms with Gasteiger partial charge in [0.15, 0.2) is 0 Å². The molecule has 0 aliphatic heterocycles. The topological polar surface area (TPSA) is 26.3 Å². The van der Waals surface area contributed by atoms with Gasteiger partial charge in [0.2, 0.25) is 0 Å². The summed E-state index contributed by atoms with van der Waals surface area (Å²) in [6.45, 7) is 2.23. The van der Waals surface area contributed by atoms with Gasteiger partial charge in [0.25, 0.3) is 0 Å². The van der Waals surface area contributed by atoms with Crippen LogP contribution in [0.15, 0.2) is 48.5 Å². The first-order chi connectivity index (χ1) is 12.7. The van der Waals surface area contributed by atoms with E-state index in [1.807, 2.05) is 12.1 Å². The van der Waals surface area contributed by atoms with Crippen molar-refractivity contribution in [2.24, 2.45) is 0 Å². The van der Waals surface area contributed by atoms with Crippen molar-refractivity contribution in [3.05, 3.63) is 65.2 Å². The Balaban J connectivity index is 1.60. The molecule has 138 valence electrons. The maximum atomic E-state index is 12.8. The Kier molecular flexibility index (Phi) is 6.49. The number of carbonyl (C=O) groups is 1. The average Bonchev–Trinajstić information content (AvgIpc) is 2.69. The molecule has 0 radical (unpaired) electrons. The largest absolute Gasteiger partial charge is 0.497 e. The van der Waals surface area contributed by atoms with Crippen molar-refractivity contribution in [1.82, 2.24) is 0 Å². The third-order valence-electron chi connectivity index (χ3n) is 5.68. The van der Waals surface area contributed by atoms with Gasteiger partial charge in [0, 0.05) is 12.3 Å². The number of ketones is 1. The Morgan fingerprint density at radius 3 is 2.23 bits per heavy atom. The number of methoxy groups -OCH3 is 1. The number of hydrogen-bond acceptors (Lipinski definition) is 2. The van der Waals surface area contributed by atoms with E-state index >= 15 is 0 Å². The molecule has 2 aromatic rings. The summed E-state index contributed by atoms with van der Waals surface area (Å²) in [5, 5.41) is 0. The molecule has 0 spiro atoms. The number of aryl methyl sites for hydroxylation is 1. The van der Waals surface area contributed by atoms with E-state index in [2.05, 4.69) is 43.3 Å². The lowest BCUT2D eigenvalue weighted by atomic mass is 9.75. The van der Waals surface area contributed by atoms with Gasteiger partial charge in [0.1, 0.15) is 11.5 Å². The Labute approximate surface area is 157 Å². The highest BCUT2D eigenvalue weighted by Crippen LogP contribution is 2.38. The monoisotopic (exact) mass is 350 g/mol. The lowest BCUT2D eigenvalue weighted by molar-refractivity contribution is -0.122. The van der Waals surface area contributed by atoms with E-state index in [9.17, 15) is 4.79 Å². The zero-order valence-corrected chi connectivity index (χ0v) is 16.0. The van der Waals surface area contributed by atoms with Crippen LogP contribution in [0, 0.1) is 0 Å². The molecule has 2 nitrogen and oxygen atoms in total. The second kappa shape index (κ2) is 9.02. The minimum atomic E-state index is 0.0780. The zero-order valence-electron chi connectivity index (χ0n) is 16.0. The summed E-state index contributed by atoms with van der Waals surface area (Å²) >= 11 is 0. The quantitative estimate of drug-likeness (QED) is 0.568. The molecule has 0 bridgehead atoms. The first kappa shape index (κ1) is 18.7. The van der Waals surface area contributed by atoms with E-state index < -0.39 is 0 Å². The van der Waals surface area contributed by atoms with E-state index in [1.165, 1.54) is 36.0 Å². The summed E-state index contributed by atoms with van der Waals surface area (Å²) < 4.78 is 5.23. The third-order valence-corrected chi connectivity index (χ3v) is 5.68. The van der Waals surface area contributed by atoms with Gasteiger partial charge in [-0.25, -0.2) is 0 Å². The second-order valence-electron chi connectivity index (χ2n) is 7.47. The van der Waals surface area contributed by atoms with Gasteiger partial charge in [-0.3, -0.25) is 4.79 Å². The molecule has 1 saturated carbocycles. The standard InChI is InChI=1S/C24H30O2/c1-3-4-5-6-18-7-9-20(10-8-18)23-16-13-21(17-24(23)25)19-11-14-22(26-2)15-12-19/h7-12,14-15,21,23H,3-6,13,16-17H2,1-2H3/t21-,23+/m1/s1. The molecule has 0 saturated heterocycles. The Morgan fingerprint density at radius 2 is 1.62 bits per heavy atom. The van der Waals surface area contributed by atoms with Crippen LogP contribution in [-0.2, 0) is 11.2 Å². The van der Waals surface area contributed by atoms with Crippen molar-refractivity contribution in [1.29, 1.82) is 0 Å². The maximum Gasteiger partial charge on any atom is 0.140 e. The lowest BCUT2D eigenvalue weighted by Gasteiger charge is -2.28. The highest BCUT2D eigenvalue weighted by atomic mass is 16.5. The molecule has 1 fully saturated rings. The number of rotatable bonds is 7. The van der Waals surface area contributed by atoms with Gasteiger partial charge in [-0.1, -0.05) is 56.2 Å². The summed E-state index contributed by atoms with van der Waals surface area (Å²) in [5.74, 6) is 1.68. The first-order valence-electron chi connectivity index (χ1n) is 9.96. The molecule has 3 rings (SSSR count). The van der Waals surface area contributed by atoms with Crippen LogP contribution >= 0.6 is 0 Å². The molecule has 2 heteroatoms. The van der Waals surface area contributed by atoms with Crippen LogP contribution in [0.25, 0.3) is 0 Å². The van der Waals surface area contributed by atoms with Crippen molar-refractivity contribution in [2.45, 2.75) is 63.7 Å². The minimum Gasteiger partial charge on any atom is -0.497 e. The van der Waals surface area contributed by atoms with Crippen molar-refractivity contribution in [2.75, 3.05) is 7.11 Å². The van der Waals surface area contributed by atoms with Crippen LogP contribution in [-0.4, -0.2) is 12.9 Å². The smallest absolute Gasteiger partial charge is 0.140 e. The minimum absolute atomic E-state index is 0.0780. The van der Waals surface area contributed by atoms with E-state index in [-0.39, 0.29) is 5.92 Å². The molecule has 0 aromatic heterocycles. The molecule has 2 aromatic carbocycles. The molecule has 1 aliphatic carbocycles. The van der Waals surface area contributed by atoms with Crippen molar-refractivity contribution < 1.29 is 9.53 Å². The van der Waals surface area contributed by atoms with Gasteiger partial charge in [-0.05, 0) is 60.4 Å². The normalized spacial score (nSPS) is 20.2. The molecule has 0 amide bonds. The number of Topliss-reactive ketones (excluding diaryl/α,β-unsaturated/α-hetero) is 1. The van der Waals surface area contributed by atoms with E-state index in [4.69, 9.17) is 4.74 Å². The van der Waals surface area contributed by atoms with Crippen LogP contribution in [0.4, 0.5) is 0 Å². The number of ether oxygens (including phenoxy) is 1. The van der Waals surface area contributed by atoms with Crippen LogP contribution < -0.4 is 4.74 Å². The van der Waals surface area contributed by atoms with Crippen LogP contribution in [0.1, 0.15) is 74.0 Å². The number of carbonyl (C=O) groups excluding carboxylic acids is 1. The second-order valence-corrected chi connectivity index (χ2v) is 7.47. The SMILES string of the molecule is CCCCCc1ccc([C@@H]2CC[C@@H](c3ccc(OC)cc3)CC2=O)cc1. The highest BCUT2D eigenvalue weighted by Gasteiger charge is 2.30. The highest BCUT2D eigenvalue weighted by molar-refractivity contribution is 5.87. The maximum absolute atomic E-state index is 12.8. The van der Waals surface area contributed by atoms with Crippen LogP contribution in [0.2, 0.25) is 0 Å². The predicted molar refractivity (Wildman–Crippen MR) is 107 cm³/mol. The van der Waals surface area contributed by atoms with Crippen molar-refractivity contribution >= 4 is 5.78 Å².